The first kappa shape index (κ1) is 22.5. The van der Waals surface area contributed by atoms with E-state index < -0.39 is 0 Å². The Morgan fingerprint density at radius 3 is 1.19 bits per heavy atom. The molecule has 0 bridgehead atoms. The van der Waals surface area contributed by atoms with Crippen molar-refractivity contribution < 1.29 is 9.47 Å². The molecular weight excluding hydrogens is 526 g/mol. The van der Waals surface area contributed by atoms with Gasteiger partial charge in [0, 0.05) is 0 Å². The molecule has 0 radical (unpaired) electrons. The van der Waals surface area contributed by atoms with Gasteiger partial charge in [-0.25, -0.2) is 0 Å². The summed E-state index contributed by atoms with van der Waals surface area (Å²) in [5.74, 6) is 1.89. The topological polar surface area (TPSA) is 18.5 Å². The van der Waals surface area contributed by atoms with Crippen LogP contribution in [0.5, 0.6) is 11.5 Å². The molecule has 32 heavy (non-hydrogen) atoms. The summed E-state index contributed by atoms with van der Waals surface area (Å²) in [6, 6.07) is 38.2. The SMILES string of the molecule is COc1ccccc1[Se]/C(=C(/[Se]c1ccccc1OC)c1ccccc1)c1ccccc1. The van der Waals surface area contributed by atoms with Crippen LogP contribution in [0.25, 0.3) is 8.94 Å². The molecular formula is C28H24O2Se2. The zero-order chi connectivity index (χ0) is 22.2. The van der Waals surface area contributed by atoms with E-state index in [2.05, 4.69) is 84.9 Å². The Bertz CT molecular complexity index is 1090. The molecule has 0 saturated carbocycles. The van der Waals surface area contributed by atoms with Gasteiger partial charge < -0.3 is 0 Å². The van der Waals surface area contributed by atoms with E-state index in [4.69, 9.17) is 9.47 Å². The van der Waals surface area contributed by atoms with Crippen LogP contribution in [0.1, 0.15) is 11.1 Å². The van der Waals surface area contributed by atoms with E-state index in [1.165, 1.54) is 29.0 Å². The van der Waals surface area contributed by atoms with Crippen LogP contribution in [0.3, 0.4) is 0 Å². The Labute approximate surface area is 202 Å². The van der Waals surface area contributed by atoms with Gasteiger partial charge in [-0.2, -0.15) is 0 Å². The van der Waals surface area contributed by atoms with Crippen LogP contribution in [-0.2, 0) is 0 Å². The van der Waals surface area contributed by atoms with E-state index >= 15 is 0 Å². The molecule has 0 aliphatic heterocycles. The van der Waals surface area contributed by atoms with Crippen molar-refractivity contribution in [3.05, 3.63) is 120 Å². The summed E-state index contributed by atoms with van der Waals surface area (Å²) in [7, 11) is 3.50. The van der Waals surface area contributed by atoms with E-state index in [0.29, 0.717) is 0 Å². The van der Waals surface area contributed by atoms with Gasteiger partial charge in [0.05, 0.1) is 0 Å². The predicted molar refractivity (Wildman–Crippen MR) is 136 cm³/mol. The standard InChI is InChI=1S/C28H24O2Se2/c1-29-23-17-9-11-19-25(23)31-27(21-13-5-3-6-14-21)28(22-15-7-4-8-16-22)32-26-20-12-10-18-24(26)30-2/h3-20H,1-2H3/b28-27+. The number of hydrogen-bond acceptors (Lipinski definition) is 2. The second-order valence-electron chi connectivity index (χ2n) is 6.90. The maximum atomic E-state index is 5.70. The summed E-state index contributed by atoms with van der Waals surface area (Å²) < 4.78 is 16.6. The van der Waals surface area contributed by atoms with Crippen LogP contribution in [0, 0.1) is 0 Å². The molecule has 0 heterocycles. The third kappa shape index (κ3) is 5.35. The van der Waals surface area contributed by atoms with Gasteiger partial charge in [-0.15, -0.1) is 0 Å². The van der Waals surface area contributed by atoms with Crippen LogP contribution in [0.2, 0.25) is 0 Å². The van der Waals surface area contributed by atoms with E-state index in [-0.39, 0.29) is 29.9 Å². The van der Waals surface area contributed by atoms with E-state index in [9.17, 15) is 0 Å². The van der Waals surface area contributed by atoms with Gasteiger partial charge in [0.1, 0.15) is 0 Å². The van der Waals surface area contributed by atoms with Gasteiger partial charge in [0.15, 0.2) is 0 Å². The van der Waals surface area contributed by atoms with Crippen molar-refractivity contribution in [2.24, 2.45) is 0 Å². The number of hydrogen-bond donors (Lipinski definition) is 0. The molecule has 4 rings (SSSR count). The molecule has 0 aliphatic rings. The number of methoxy groups -OCH3 is 2. The Morgan fingerprint density at radius 1 is 0.469 bits per heavy atom. The quantitative estimate of drug-likeness (QED) is 0.236. The van der Waals surface area contributed by atoms with E-state index in [1.54, 1.807) is 14.2 Å². The van der Waals surface area contributed by atoms with Crippen LogP contribution in [0.15, 0.2) is 109 Å². The number of para-hydroxylation sites is 2. The molecule has 4 aromatic rings. The van der Waals surface area contributed by atoms with Crippen molar-refractivity contribution in [1.82, 2.24) is 0 Å². The molecule has 0 amide bonds. The predicted octanol–water partition coefficient (Wildman–Crippen LogP) is 4.59. The van der Waals surface area contributed by atoms with Gasteiger partial charge in [-0.3, -0.25) is 0 Å². The zero-order valence-electron chi connectivity index (χ0n) is 18.0. The Morgan fingerprint density at radius 2 is 0.812 bits per heavy atom. The van der Waals surface area contributed by atoms with Gasteiger partial charge in [0.2, 0.25) is 0 Å². The molecule has 4 aromatic carbocycles. The van der Waals surface area contributed by atoms with Crippen LogP contribution in [0.4, 0.5) is 0 Å². The van der Waals surface area contributed by atoms with Crippen molar-refractivity contribution in [1.29, 1.82) is 0 Å². The van der Waals surface area contributed by atoms with E-state index in [1.807, 2.05) is 24.3 Å². The molecule has 160 valence electrons. The fourth-order valence-corrected chi connectivity index (χ4v) is 8.73. The monoisotopic (exact) mass is 552 g/mol. The molecule has 0 spiro atoms. The molecule has 0 atom stereocenters. The average Bonchev–Trinajstić information content (AvgIpc) is 2.87. The Kier molecular flexibility index (Phi) is 7.87. The molecule has 0 saturated heterocycles. The van der Waals surface area contributed by atoms with Crippen molar-refractivity contribution in [2.75, 3.05) is 14.2 Å². The first-order chi connectivity index (χ1) is 15.8. The molecule has 4 heteroatoms. The summed E-state index contributed by atoms with van der Waals surface area (Å²) in [6.07, 6.45) is 0. The summed E-state index contributed by atoms with van der Waals surface area (Å²) in [6.45, 7) is 0. The fourth-order valence-electron chi connectivity index (χ4n) is 3.28. The molecule has 2 nitrogen and oxygen atoms in total. The number of ether oxygens (including phenoxy) is 2. The Hall–Kier alpha value is -2.74. The molecule has 0 unspecified atom stereocenters. The summed E-state index contributed by atoms with van der Waals surface area (Å²) in [5.41, 5.74) is 2.52. The maximum absolute atomic E-state index is 5.70. The normalized spacial score (nSPS) is 11.6. The van der Waals surface area contributed by atoms with E-state index in [0.717, 1.165) is 11.5 Å². The van der Waals surface area contributed by atoms with Crippen LogP contribution in [-0.4, -0.2) is 44.1 Å². The molecule has 0 aliphatic carbocycles. The van der Waals surface area contributed by atoms with Crippen molar-refractivity contribution in [2.45, 2.75) is 0 Å². The minimum absolute atomic E-state index is 0.0584. The van der Waals surface area contributed by atoms with Gasteiger partial charge >= 0.3 is 203 Å². The summed E-state index contributed by atoms with van der Waals surface area (Å²) >= 11 is 0.117. The van der Waals surface area contributed by atoms with Crippen molar-refractivity contribution in [3.8, 4) is 11.5 Å². The minimum atomic E-state index is 0.0584. The average molecular weight is 550 g/mol. The van der Waals surface area contributed by atoms with Crippen LogP contribution >= 0.6 is 0 Å². The number of benzene rings is 4. The second kappa shape index (κ2) is 11.2. The molecule has 0 N–H and O–H groups in total. The summed E-state index contributed by atoms with van der Waals surface area (Å²) in [4.78, 5) is 0. The second-order valence-corrected chi connectivity index (χ2v) is 11.3. The first-order valence-corrected chi connectivity index (χ1v) is 13.7. The van der Waals surface area contributed by atoms with Crippen molar-refractivity contribution >= 4 is 47.8 Å². The number of rotatable bonds is 8. The van der Waals surface area contributed by atoms with Gasteiger partial charge in [-0.05, 0) is 0 Å². The Balaban J connectivity index is 1.93. The van der Waals surface area contributed by atoms with Gasteiger partial charge in [-0.1, -0.05) is 0 Å². The third-order valence-corrected chi connectivity index (χ3v) is 10.5. The van der Waals surface area contributed by atoms with Gasteiger partial charge in [0.25, 0.3) is 0 Å². The van der Waals surface area contributed by atoms with Crippen molar-refractivity contribution in [3.63, 3.8) is 0 Å². The fraction of sp³-hybridized carbons (Fsp3) is 0.0714. The third-order valence-electron chi connectivity index (χ3n) is 4.84. The molecule has 0 aromatic heterocycles. The zero-order valence-corrected chi connectivity index (χ0v) is 21.5. The molecule has 0 fully saturated rings. The summed E-state index contributed by atoms with van der Waals surface area (Å²) in [5, 5.41) is 0. The first-order valence-electron chi connectivity index (χ1n) is 10.3. The van der Waals surface area contributed by atoms with Crippen LogP contribution < -0.4 is 18.4 Å².